The van der Waals surface area contributed by atoms with E-state index in [1.54, 1.807) is 26.0 Å². The van der Waals surface area contributed by atoms with Crippen LogP contribution in [0.3, 0.4) is 0 Å². The van der Waals surface area contributed by atoms with Crippen molar-refractivity contribution in [1.29, 1.82) is 0 Å². The first-order chi connectivity index (χ1) is 16.1. The first-order valence-corrected chi connectivity index (χ1v) is 11.2. The molecule has 34 heavy (non-hydrogen) atoms. The summed E-state index contributed by atoms with van der Waals surface area (Å²) in [6.45, 7) is 7.63. The second kappa shape index (κ2) is 9.08. The summed E-state index contributed by atoms with van der Waals surface area (Å²) in [7, 11) is 0. The minimum absolute atomic E-state index is 0.0550. The Bertz CT molecular complexity index is 1210. The number of carbonyl (C=O) groups excluding carboxylic acids is 2. The highest BCUT2D eigenvalue weighted by atomic mass is 19.1. The molecule has 4 rings (SSSR count). The number of carbonyl (C=O) groups is 2. The summed E-state index contributed by atoms with van der Waals surface area (Å²) in [6, 6.07) is 6.37. The molecule has 0 spiro atoms. The van der Waals surface area contributed by atoms with Crippen molar-refractivity contribution >= 4 is 11.8 Å². The molecule has 2 aliphatic rings. The highest BCUT2D eigenvalue weighted by Crippen LogP contribution is 2.47. The Morgan fingerprint density at radius 3 is 2.68 bits per heavy atom. The summed E-state index contributed by atoms with van der Waals surface area (Å²) in [6.07, 6.45) is 0.998. The number of esters is 1. The molecule has 1 N–H and O–H groups in total. The van der Waals surface area contributed by atoms with Crippen LogP contribution in [0.15, 0.2) is 57.3 Å². The number of nitrogens with one attached hydrogen (secondary N) is 1. The third-order valence-corrected chi connectivity index (χ3v) is 5.97. The fraction of sp³-hybridized carbons (Fsp3) is 0.385. The van der Waals surface area contributed by atoms with Crippen LogP contribution in [0.4, 0.5) is 8.78 Å². The third kappa shape index (κ3) is 4.62. The molecule has 180 valence electrons. The fourth-order valence-electron chi connectivity index (χ4n) is 4.57. The molecular weight excluding hydrogens is 444 g/mol. The number of Topliss-reactive ketones (excluding diaryl/α,β-unsaturated/α-hetero) is 1. The summed E-state index contributed by atoms with van der Waals surface area (Å²) in [5, 5.41) is 3.26. The van der Waals surface area contributed by atoms with Gasteiger partial charge in [-0.2, -0.15) is 0 Å². The molecule has 1 atom stereocenters. The van der Waals surface area contributed by atoms with Crippen LogP contribution in [0.1, 0.15) is 58.0 Å². The molecule has 0 unspecified atom stereocenters. The molecule has 2 heterocycles. The van der Waals surface area contributed by atoms with Gasteiger partial charge in [-0.05, 0) is 49.9 Å². The van der Waals surface area contributed by atoms with E-state index in [0.29, 0.717) is 41.2 Å². The summed E-state index contributed by atoms with van der Waals surface area (Å²) >= 11 is 0. The molecule has 0 amide bonds. The van der Waals surface area contributed by atoms with Crippen molar-refractivity contribution in [2.45, 2.75) is 53.1 Å². The Hall–Kier alpha value is -3.42. The number of halogens is 2. The minimum atomic E-state index is -0.821. The Balaban J connectivity index is 1.68. The van der Waals surface area contributed by atoms with Gasteiger partial charge in [0.1, 0.15) is 23.9 Å². The van der Waals surface area contributed by atoms with E-state index in [1.807, 2.05) is 13.8 Å². The number of dihydropyridines is 1. The molecule has 0 saturated carbocycles. The van der Waals surface area contributed by atoms with E-state index in [9.17, 15) is 18.4 Å². The second-order valence-corrected chi connectivity index (χ2v) is 9.32. The van der Waals surface area contributed by atoms with Gasteiger partial charge >= 0.3 is 5.97 Å². The lowest BCUT2D eigenvalue weighted by molar-refractivity contribution is -0.138. The predicted molar refractivity (Wildman–Crippen MR) is 120 cm³/mol. The number of allylic oxidation sites excluding steroid dienone is 3. The molecule has 8 heteroatoms. The monoisotopic (exact) mass is 471 g/mol. The smallest absolute Gasteiger partial charge is 0.336 e. The maximum absolute atomic E-state index is 13.9. The zero-order chi connectivity index (χ0) is 24.6. The highest BCUT2D eigenvalue weighted by molar-refractivity contribution is 6.04. The number of benzene rings is 1. The first-order valence-electron chi connectivity index (χ1n) is 11.2. The van der Waals surface area contributed by atoms with Gasteiger partial charge in [-0.1, -0.05) is 13.8 Å². The lowest BCUT2D eigenvalue weighted by atomic mass is 9.69. The maximum Gasteiger partial charge on any atom is 0.336 e. The molecule has 0 fully saturated rings. The van der Waals surface area contributed by atoms with E-state index >= 15 is 0 Å². The molecule has 0 saturated heterocycles. The van der Waals surface area contributed by atoms with Crippen LogP contribution in [0, 0.1) is 17.0 Å². The molecule has 0 bridgehead atoms. The van der Waals surface area contributed by atoms with E-state index in [4.69, 9.17) is 13.9 Å². The van der Waals surface area contributed by atoms with E-state index in [1.165, 1.54) is 6.07 Å². The molecule has 1 aromatic heterocycles. The quantitative estimate of drug-likeness (QED) is 0.576. The van der Waals surface area contributed by atoms with Crippen molar-refractivity contribution in [3.8, 4) is 5.75 Å². The van der Waals surface area contributed by atoms with Crippen molar-refractivity contribution in [2.24, 2.45) is 5.41 Å². The predicted octanol–water partition coefficient (Wildman–Crippen LogP) is 5.30. The molecule has 0 radical (unpaired) electrons. The van der Waals surface area contributed by atoms with Crippen LogP contribution in [0.25, 0.3) is 0 Å². The van der Waals surface area contributed by atoms with Gasteiger partial charge in [0.25, 0.3) is 0 Å². The Morgan fingerprint density at radius 1 is 1.21 bits per heavy atom. The number of ether oxygens (including phenoxy) is 2. The van der Waals surface area contributed by atoms with Crippen LogP contribution in [0.5, 0.6) is 5.75 Å². The van der Waals surface area contributed by atoms with Gasteiger partial charge in [-0.3, -0.25) is 4.79 Å². The van der Waals surface area contributed by atoms with E-state index in [2.05, 4.69) is 5.32 Å². The van der Waals surface area contributed by atoms with E-state index in [-0.39, 0.29) is 30.2 Å². The van der Waals surface area contributed by atoms with Crippen LogP contribution in [-0.2, 0) is 20.9 Å². The summed E-state index contributed by atoms with van der Waals surface area (Å²) in [4.78, 5) is 26.1. The lowest BCUT2D eigenvalue weighted by Gasteiger charge is -2.38. The summed E-state index contributed by atoms with van der Waals surface area (Å²) < 4.78 is 43.7. The van der Waals surface area contributed by atoms with Crippen molar-refractivity contribution < 1.29 is 32.3 Å². The maximum atomic E-state index is 13.9. The zero-order valence-corrected chi connectivity index (χ0v) is 19.6. The normalized spacial score (nSPS) is 19.6. The fourth-order valence-corrected chi connectivity index (χ4v) is 4.57. The Morgan fingerprint density at radius 2 is 1.97 bits per heavy atom. The SMILES string of the molecule is CCOC(=O)C1=C(C)NC2=C(C(=O)CC(C)(C)C2)[C@H]1c1ccc(COc2ccc(F)cc2F)o1. The Kier molecular flexibility index (Phi) is 6.34. The van der Waals surface area contributed by atoms with Crippen LogP contribution in [-0.4, -0.2) is 18.4 Å². The van der Waals surface area contributed by atoms with Gasteiger partial charge in [0, 0.05) is 29.5 Å². The van der Waals surface area contributed by atoms with Crippen molar-refractivity contribution in [3.05, 3.63) is 76.0 Å². The molecule has 1 aliphatic carbocycles. The van der Waals surface area contributed by atoms with Crippen LogP contribution < -0.4 is 10.1 Å². The number of furan rings is 1. The van der Waals surface area contributed by atoms with E-state index in [0.717, 1.165) is 17.8 Å². The average molecular weight is 472 g/mol. The van der Waals surface area contributed by atoms with Gasteiger partial charge < -0.3 is 19.2 Å². The van der Waals surface area contributed by atoms with Crippen molar-refractivity contribution in [3.63, 3.8) is 0 Å². The van der Waals surface area contributed by atoms with Gasteiger partial charge in [0.05, 0.1) is 18.1 Å². The second-order valence-electron chi connectivity index (χ2n) is 9.32. The van der Waals surface area contributed by atoms with Crippen molar-refractivity contribution in [2.75, 3.05) is 6.61 Å². The van der Waals surface area contributed by atoms with Crippen LogP contribution >= 0.6 is 0 Å². The van der Waals surface area contributed by atoms with Gasteiger partial charge in [-0.25, -0.2) is 13.6 Å². The lowest BCUT2D eigenvalue weighted by Crippen LogP contribution is -2.38. The zero-order valence-electron chi connectivity index (χ0n) is 19.6. The standard InChI is InChI=1S/C26H27F2NO5/c1-5-32-25(31)22-14(2)29-18-11-26(3,4)12-19(30)23(18)24(22)21-9-7-16(34-21)13-33-20-8-6-15(27)10-17(20)28/h6-10,24,29H,5,11-13H2,1-4H3/t24-/m0/s1. The number of hydrogen-bond donors (Lipinski definition) is 1. The van der Waals surface area contributed by atoms with Crippen molar-refractivity contribution in [1.82, 2.24) is 5.32 Å². The average Bonchev–Trinajstić information content (AvgIpc) is 3.20. The van der Waals surface area contributed by atoms with E-state index < -0.39 is 23.5 Å². The molecule has 2 aromatic rings. The molecule has 6 nitrogen and oxygen atoms in total. The van der Waals surface area contributed by atoms with Gasteiger partial charge in [-0.15, -0.1) is 0 Å². The summed E-state index contributed by atoms with van der Waals surface area (Å²) in [5.41, 5.74) is 1.99. The van der Waals surface area contributed by atoms with Gasteiger partial charge in [0.2, 0.25) is 0 Å². The highest BCUT2D eigenvalue weighted by Gasteiger charge is 2.44. The minimum Gasteiger partial charge on any atom is -0.483 e. The van der Waals surface area contributed by atoms with Gasteiger partial charge in [0.15, 0.2) is 17.3 Å². The first kappa shape index (κ1) is 23.7. The topological polar surface area (TPSA) is 77.8 Å². The third-order valence-electron chi connectivity index (χ3n) is 5.97. The number of ketones is 1. The van der Waals surface area contributed by atoms with Crippen LogP contribution in [0.2, 0.25) is 0 Å². The summed E-state index contributed by atoms with van der Waals surface area (Å²) in [5.74, 6) is -2.18. The number of rotatable bonds is 6. The molecular formula is C26H27F2NO5. The largest absolute Gasteiger partial charge is 0.483 e. The molecule has 1 aliphatic heterocycles. The number of hydrogen-bond acceptors (Lipinski definition) is 6. The Labute approximate surface area is 196 Å². The molecule has 1 aromatic carbocycles.